The van der Waals surface area contributed by atoms with Crippen LogP contribution in [0.4, 0.5) is 10.1 Å². The lowest BCUT2D eigenvalue weighted by molar-refractivity contribution is -0.118. The van der Waals surface area contributed by atoms with Gasteiger partial charge in [-0.15, -0.1) is 0 Å². The summed E-state index contributed by atoms with van der Waals surface area (Å²) in [6.07, 6.45) is 0. The second-order valence-corrected chi connectivity index (χ2v) is 4.78. The van der Waals surface area contributed by atoms with E-state index in [1.54, 1.807) is 31.2 Å². The minimum atomic E-state index is -0.431. The molecule has 0 aliphatic heterocycles. The number of aryl methyl sites for hydroxylation is 1. The Hall–Kier alpha value is -3.07. The predicted molar refractivity (Wildman–Crippen MR) is 83.0 cm³/mol. The number of halogens is 1. The summed E-state index contributed by atoms with van der Waals surface area (Å²) >= 11 is 0. The SMILES string of the molecule is COc1cc(C#N)ccc1OCC(=O)Nc1ccc(C)c(F)c1. The number of hydrogen-bond donors (Lipinski definition) is 1. The summed E-state index contributed by atoms with van der Waals surface area (Å²) < 4.78 is 23.9. The molecule has 0 saturated heterocycles. The minimum Gasteiger partial charge on any atom is -0.493 e. The second kappa shape index (κ2) is 7.27. The number of carbonyl (C=O) groups excluding carboxylic acids is 1. The third-order valence-corrected chi connectivity index (χ3v) is 3.11. The van der Waals surface area contributed by atoms with Crippen LogP contribution in [0.1, 0.15) is 11.1 Å². The van der Waals surface area contributed by atoms with Gasteiger partial charge in [0.05, 0.1) is 18.7 Å². The van der Waals surface area contributed by atoms with Crippen molar-refractivity contribution in [3.05, 3.63) is 53.3 Å². The zero-order chi connectivity index (χ0) is 16.8. The van der Waals surface area contributed by atoms with Crippen LogP contribution in [0, 0.1) is 24.1 Å². The average Bonchev–Trinajstić information content (AvgIpc) is 2.56. The molecule has 0 saturated carbocycles. The largest absolute Gasteiger partial charge is 0.493 e. The van der Waals surface area contributed by atoms with Crippen molar-refractivity contribution in [2.75, 3.05) is 19.0 Å². The Morgan fingerprint density at radius 1 is 1.26 bits per heavy atom. The highest BCUT2D eigenvalue weighted by Crippen LogP contribution is 2.27. The summed E-state index contributed by atoms with van der Waals surface area (Å²) in [6, 6.07) is 11.0. The van der Waals surface area contributed by atoms with Gasteiger partial charge in [-0.3, -0.25) is 4.79 Å². The van der Waals surface area contributed by atoms with Crippen molar-refractivity contribution in [1.82, 2.24) is 0 Å². The second-order valence-electron chi connectivity index (χ2n) is 4.78. The molecule has 0 bridgehead atoms. The molecule has 0 unspecified atom stereocenters. The van der Waals surface area contributed by atoms with Gasteiger partial charge in [0.1, 0.15) is 5.82 Å². The van der Waals surface area contributed by atoms with Crippen molar-refractivity contribution in [2.24, 2.45) is 0 Å². The van der Waals surface area contributed by atoms with Crippen LogP contribution in [-0.2, 0) is 4.79 Å². The van der Waals surface area contributed by atoms with Crippen LogP contribution < -0.4 is 14.8 Å². The van der Waals surface area contributed by atoms with Crippen LogP contribution >= 0.6 is 0 Å². The van der Waals surface area contributed by atoms with Gasteiger partial charge in [0.15, 0.2) is 18.1 Å². The number of hydrogen-bond acceptors (Lipinski definition) is 4. The van der Waals surface area contributed by atoms with E-state index < -0.39 is 11.7 Å². The summed E-state index contributed by atoms with van der Waals surface area (Å²) in [6.45, 7) is 1.37. The molecule has 2 aromatic carbocycles. The molecule has 0 aliphatic carbocycles. The van der Waals surface area contributed by atoms with Crippen LogP contribution in [0.3, 0.4) is 0 Å². The Morgan fingerprint density at radius 3 is 2.70 bits per heavy atom. The lowest BCUT2D eigenvalue weighted by Crippen LogP contribution is -2.20. The van der Waals surface area contributed by atoms with Gasteiger partial charge < -0.3 is 14.8 Å². The lowest BCUT2D eigenvalue weighted by atomic mass is 10.2. The van der Waals surface area contributed by atoms with Gasteiger partial charge in [0.25, 0.3) is 5.91 Å². The molecule has 1 amide bonds. The summed E-state index contributed by atoms with van der Waals surface area (Å²) in [5, 5.41) is 11.4. The fourth-order valence-electron chi connectivity index (χ4n) is 1.87. The Labute approximate surface area is 133 Å². The summed E-state index contributed by atoms with van der Waals surface area (Å²) in [7, 11) is 1.44. The van der Waals surface area contributed by atoms with E-state index in [0.29, 0.717) is 28.3 Å². The Morgan fingerprint density at radius 2 is 2.04 bits per heavy atom. The third-order valence-electron chi connectivity index (χ3n) is 3.11. The Kier molecular flexibility index (Phi) is 5.15. The molecule has 6 heteroatoms. The van der Waals surface area contributed by atoms with Crippen LogP contribution in [0.15, 0.2) is 36.4 Å². The Bertz CT molecular complexity index is 769. The topological polar surface area (TPSA) is 71.3 Å². The summed E-state index contributed by atoms with van der Waals surface area (Å²) in [5.41, 5.74) is 1.28. The quantitative estimate of drug-likeness (QED) is 0.921. The van der Waals surface area contributed by atoms with Crippen molar-refractivity contribution in [3.63, 3.8) is 0 Å². The van der Waals surface area contributed by atoms with Gasteiger partial charge in [-0.1, -0.05) is 6.07 Å². The van der Waals surface area contributed by atoms with E-state index in [4.69, 9.17) is 14.7 Å². The number of nitriles is 1. The van der Waals surface area contributed by atoms with Crippen molar-refractivity contribution in [3.8, 4) is 17.6 Å². The van der Waals surface area contributed by atoms with Gasteiger partial charge in [0, 0.05) is 11.8 Å². The number of rotatable bonds is 5. The molecule has 1 N–H and O–H groups in total. The van der Waals surface area contributed by atoms with Crippen LogP contribution in [0.25, 0.3) is 0 Å². The van der Waals surface area contributed by atoms with Gasteiger partial charge in [-0.2, -0.15) is 5.26 Å². The predicted octanol–water partition coefficient (Wildman–Crippen LogP) is 3.03. The first-order valence-electron chi connectivity index (χ1n) is 6.80. The van der Waals surface area contributed by atoms with E-state index in [-0.39, 0.29) is 6.61 Å². The zero-order valence-electron chi connectivity index (χ0n) is 12.7. The summed E-state index contributed by atoms with van der Waals surface area (Å²) in [5.74, 6) is -0.118. The van der Waals surface area contributed by atoms with Crippen molar-refractivity contribution >= 4 is 11.6 Å². The number of methoxy groups -OCH3 is 1. The average molecular weight is 314 g/mol. The molecule has 0 aromatic heterocycles. The number of amides is 1. The van der Waals surface area contributed by atoms with Gasteiger partial charge in [0.2, 0.25) is 0 Å². The van der Waals surface area contributed by atoms with Crippen molar-refractivity contribution < 1.29 is 18.7 Å². The number of benzene rings is 2. The number of carbonyl (C=O) groups is 1. The highest BCUT2D eigenvalue weighted by atomic mass is 19.1. The van der Waals surface area contributed by atoms with E-state index in [1.165, 1.54) is 19.2 Å². The van der Waals surface area contributed by atoms with Crippen LogP contribution in [0.5, 0.6) is 11.5 Å². The first kappa shape index (κ1) is 16.3. The van der Waals surface area contributed by atoms with E-state index >= 15 is 0 Å². The standard InChI is InChI=1S/C17H15FN2O3/c1-11-3-5-13(8-14(11)18)20-17(21)10-23-15-6-4-12(9-19)7-16(15)22-2/h3-8H,10H2,1-2H3,(H,20,21). The first-order valence-corrected chi connectivity index (χ1v) is 6.80. The summed E-state index contributed by atoms with van der Waals surface area (Å²) in [4.78, 5) is 11.9. The van der Waals surface area contributed by atoms with Gasteiger partial charge in [-0.25, -0.2) is 4.39 Å². The van der Waals surface area contributed by atoms with Crippen molar-refractivity contribution in [1.29, 1.82) is 5.26 Å². The molecule has 2 rings (SSSR count). The monoisotopic (exact) mass is 314 g/mol. The molecule has 118 valence electrons. The third kappa shape index (κ3) is 4.20. The minimum absolute atomic E-state index is 0.266. The van der Waals surface area contributed by atoms with E-state index in [0.717, 1.165) is 0 Å². The molecule has 0 aliphatic rings. The maximum Gasteiger partial charge on any atom is 0.262 e. The molecule has 0 atom stereocenters. The first-order chi connectivity index (χ1) is 11.0. The molecular formula is C17H15FN2O3. The zero-order valence-corrected chi connectivity index (χ0v) is 12.7. The fraction of sp³-hybridized carbons (Fsp3) is 0.176. The molecule has 0 radical (unpaired) electrons. The van der Waals surface area contributed by atoms with E-state index in [9.17, 15) is 9.18 Å². The van der Waals surface area contributed by atoms with Crippen LogP contribution in [0.2, 0.25) is 0 Å². The van der Waals surface area contributed by atoms with Gasteiger partial charge >= 0.3 is 0 Å². The number of anilines is 1. The number of ether oxygens (including phenoxy) is 2. The van der Waals surface area contributed by atoms with Crippen molar-refractivity contribution in [2.45, 2.75) is 6.92 Å². The van der Waals surface area contributed by atoms with E-state index in [1.807, 2.05) is 6.07 Å². The lowest BCUT2D eigenvalue weighted by Gasteiger charge is -2.11. The molecular weight excluding hydrogens is 299 g/mol. The molecule has 0 fully saturated rings. The smallest absolute Gasteiger partial charge is 0.262 e. The molecule has 23 heavy (non-hydrogen) atoms. The molecule has 5 nitrogen and oxygen atoms in total. The van der Waals surface area contributed by atoms with E-state index in [2.05, 4.69) is 5.32 Å². The number of nitrogens with one attached hydrogen (secondary N) is 1. The molecule has 0 heterocycles. The highest BCUT2D eigenvalue weighted by Gasteiger charge is 2.09. The maximum absolute atomic E-state index is 13.4. The fourth-order valence-corrected chi connectivity index (χ4v) is 1.87. The molecule has 2 aromatic rings. The van der Waals surface area contributed by atoms with Gasteiger partial charge in [-0.05, 0) is 36.8 Å². The number of nitrogens with zero attached hydrogens (tertiary/aromatic N) is 1. The van der Waals surface area contributed by atoms with Crippen LogP contribution in [-0.4, -0.2) is 19.6 Å². The normalized spacial score (nSPS) is 9.83. The Balaban J connectivity index is 1.99. The maximum atomic E-state index is 13.4. The molecule has 0 spiro atoms. The highest BCUT2D eigenvalue weighted by molar-refractivity contribution is 5.91.